The Morgan fingerprint density at radius 1 is 1.12 bits per heavy atom. The second-order valence-electron chi connectivity index (χ2n) is 5.25. The summed E-state index contributed by atoms with van der Waals surface area (Å²) in [6.45, 7) is 0. The van der Waals surface area contributed by atoms with Crippen molar-refractivity contribution in [3.8, 4) is 0 Å². The van der Waals surface area contributed by atoms with Crippen molar-refractivity contribution >= 4 is 29.5 Å². The van der Waals surface area contributed by atoms with E-state index in [0.29, 0.717) is 15.9 Å². The molecule has 4 heteroatoms. The van der Waals surface area contributed by atoms with Gasteiger partial charge in [-0.05, 0) is 37.5 Å². The van der Waals surface area contributed by atoms with E-state index in [2.05, 4.69) is 23.5 Å². The van der Waals surface area contributed by atoms with Gasteiger partial charge in [0.05, 0.1) is 10.00 Å². The Bertz CT molecular complexity index is 283. The minimum Gasteiger partial charge on any atom is -0.481 e. The van der Waals surface area contributed by atoms with Crippen LogP contribution in [-0.4, -0.2) is 26.7 Å². The van der Waals surface area contributed by atoms with Gasteiger partial charge in [-0.15, -0.1) is 23.5 Å². The summed E-state index contributed by atoms with van der Waals surface area (Å²) in [5, 5.41) is 9.21. The smallest absolute Gasteiger partial charge is 0.306 e. The summed E-state index contributed by atoms with van der Waals surface area (Å²) in [7, 11) is 0. The van der Waals surface area contributed by atoms with Gasteiger partial charge in [0.2, 0.25) is 0 Å². The summed E-state index contributed by atoms with van der Waals surface area (Å²) in [4.78, 5) is 11.2. The maximum absolute atomic E-state index is 11.2. The molecular formula is C12H18O2S2. The Morgan fingerprint density at radius 2 is 1.69 bits per heavy atom. The molecule has 1 aliphatic heterocycles. The molecule has 1 N–H and O–H groups in total. The zero-order valence-electron chi connectivity index (χ0n) is 9.35. The topological polar surface area (TPSA) is 37.3 Å². The maximum Gasteiger partial charge on any atom is 0.306 e. The Hall–Kier alpha value is 0.170. The van der Waals surface area contributed by atoms with E-state index in [4.69, 9.17) is 0 Å². The SMILES string of the molecule is O=C(O)C1C[C@H]2CCC[C@H](C1)C21SCCS1. The van der Waals surface area contributed by atoms with Gasteiger partial charge in [0.1, 0.15) is 0 Å². The number of hydrogen-bond acceptors (Lipinski definition) is 3. The molecule has 0 radical (unpaired) electrons. The molecule has 3 fully saturated rings. The first kappa shape index (κ1) is 11.3. The Kier molecular flexibility index (Phi) is 2.91. The molecular weight excluding hydrogens is 240 g/mol. The third kappa shape index (κ3) is 1.60. The highest BCUT2D eigenvalue weighted by Crippen LogP contribution is 2.64. The van der Waals surface area contributed by atoms with Crippen molar-refractivity contribution in [3.63, 3.8) is 0 Å². The van der Waals surface area contributed by atoms with Gasteiger partial charge in [-0.3, -0.25) is 4.79 Å². The summed E-state index contributed by atoms with van der Waals surface area (Å²) in [6.07, 6.45) is 5.72. The van der Waals surface area contributed by atoms with Crippen LogP contribution in [0.25, 0.3) is 0 Å². The van der Waals surface area contributed by atoms with Crippen LogP contribution in [0.4, 0.5) is 0 Å². The molecule has 3 aliphatic rings. The van der Waals surface area contributed by atoms with E-state index in [1.807, 2.05) is 0 Å². The van der Waals surface area contributed by atoms with Crippen LogP contribution in [0.3, 0.4) is 0 Å². The number of carboxylic acids is 1. The molecule has 1 saturated heterocycles. The second-order valence-corrected chi connectivity index (χ2v) is 8.25. The fourth-order valence-corrected chi connectivity index (χ4v) is 7.75. The molecule has 1 heterocycles. The third-order valence-corrected chi connectivity index (χ3v) is 8.49. The first-order chi connectivity index (χ1) is 7.72. The number of carbonyl (C=O) groups is 1. The van der Waals surface area contributed by atoms with E-state index in [-0.39, 0.29) is 5.92 Å². The normalized spacial score (nSPS) is 41.1. The lowest BCUT2D eigenvalue weighted by atomic mass is 9.67. The molecule has 0 amide bonds. The van der Waals surface area contributed by atoms with Crippen LogP contribution < -0.4 is 0 Å². The van der Waals surface area contributed by atoms with E-state index in [1.165, 1.54) is 30.8 Å². The van der Waals surface area contributed by atoms with Crippen molar-refractivity contribution in [1.82, 2.24) is 0 Å². The molecule has 2 aliphatic carbocycles. The minimum absolute atomic E-state index is 0.0530. The minimum atomic E-state index is -0.556. The largest absolute Gasteiger partial charge is 0.481 e. The zero-order chi connectivity index (χ0) is 11.2. The van der Waals surface area contributed by atoms with Crippen LogP contribution in [0.2, 0.25) is 0 Å². The first-order valence-electron chi connectivity index (χ1n) is 6.23. The fraction of sp³-hybridized carbons (Fsp3) is 0.917. The van der Waals surface area contributed by atoms with E-state index in [9.17, 15) is 9.90 Å². The van der Waals surface area contributed by atoms with Crippen LogP contribution >= 0.6 is 23.5 Å². The maximum atomic E-state index is 11.2. The van der Waals surface area contributed by atoms with Crippen LogP contribution in [0.15, 0.2) is 0 Å². The number of aliphatic carboxylic acids is 1. The molecule has 16 heavy (non-hydrogen) atoms. The predicted octanol–water partition coefficient (Wildman–Crippen LogP) is 3.07. The van der Waals surface area contributed by atoms with E-state index in [0.717, 1.165) is 12.8 Å². The Labute approximate surface area is 105 Å². The highest BCUT2D eigenvalue weighted by Gasteiger charge is 2.55. The number of hydrogen-bond donors (Lipinski definition) is 1. The standard InChI is InChI=1S/C12H18O2S2/c13-11(14)8-6-9-2-1-3-10(7-8)12(9)15-4-5-16-12/h8-10H,1-7H2,(H,13,14)/t9-,10-/m1/s1. The van der Waals surface area contributed by atoms with Crippen molar-refractivity contribution in [3.05, 3.63) is 0 Å². The van der Waals surface area contributed by atoms with Crippen molar-refractivity contribution in [2.75, 3.05) is 11.5 Å². The summed E-state index contributed by atoms with van der Waals surface area (Å²) in [5.41, 5.74) is 0. The van der Waals surface area contributed by atoms with E-state index < -0.39 is 5.97 Å². The number of rotatable bonds is 1. The summed E-state index contributed by atoms with van der Waals surface area (Å²) in [6, 6.07) is 0. The van der Waals surface area contributed by atoms with Gasteiger partial charge in [0, 0.05) is 11.5 Å². The molecule has 0 aromatic rings. The monoisotopic (exact) mass is 258 g/mol. The average molecular weight is 258 g/mol. The van der Waals surface area contributed by atoms with Crippen LogP contribution in [0.1, 0.15) is 32.1 Å². The first-order valence-corrected chi connectivity index (χ1v) is 8.20. The van der Waals surface area contributed by atoms with Gasteiger partial charge in [-0.25, -0.2) is 0 Å². The van der Waals surface area contributed by atoms with Gasteiger partial charge >= 0.3 is 5.97 Å². The molecule has 0 aromatic heterocycles. The fourth-order valence-electron chi connectivity index (χ4n) is 3.81. The lowest BCUT2D eigenvalue weighted by molar-refractivity contribution is -0.144. The summed E-state index contributed by atoms with van der Waals surface area (Å²) < 4.78 is 0.421. The van der Waals surface area contributed by atoms with Crippen LogP contribution in [0, 0.1) is 17.8 Å². The zero-order valence-corrected chi connectivity index (χ0v) is 11.0. The number of thioether (sulfide) groups is 2. The van der Waals surface area contributed by atoms with Gasteiger partial charge < -0.3 is 5.11 Å². The lowest BCUT2D eigenvalue weighted by Gasteiger charge is -2.51. The van der Waals surface area contributed by atoms with Gasteiger partial charge in [-0.1, -0.05) is 6.42 Å². The van der Waals surface area contributed by atoms with Gasteiger partial charge in [0.15, 0.2) is 0 Å². The molecule has 1 spiro atoms. The summed E-state index contributed by atoms with van der Waals surface area (Å²) >= 11 is 4.28. The molecule has 2 saturated carbocycles. The van der Waals surface area contributed by atoms with Crippen molar-refractivity contribution in [2.45, 2.75) is 36.2 Å². The predicted molar refractivity (Wildman–Crippen MR) is 68.8 cm³/mol. The third-order valence-electron chi connectivity index (χ3n) is 4.47. The quantitative estimate of drug-likeness (QED) is 0.784. The molecule has 0 unspecified atom stereocenters. The molecule has 3 rings (SSSR count). The van der Waals surface area contributed by atoms with Crippen molar-refractivity contribution in [2.24, 2.45) is 17.8 Å². The van der Waals surface area contributed by atoms with E-state index >= 15 is 0 Å². The molecule has 2 atom stereocenters. The molecule has 2 nitrogen and oxygen atoms in total. The highest BCUT2D eigenvalue weighted by molar-refractivity contribution is 8.21. The van der Waals surface area contributed by atoms with Crippen molar-refractivity contribution < 1.29 is 9.90 Å². The molecule has 90 valence electrons. The van der Waals surface area contributed by atoms with Crippen LogP contribution in [0.5, 0.6) is 0 Å². The highest BCUT2D eigenvalue weighted by atomic mass is 32.2. The lowest BCUT2D eigenvalue weighted by Crippen LogP contribution is -2.47. The Balaban J connectivity index is 1.85. The Morgan fingerprint density at radius 3 is 2.19 bits per heavy atom. The van der Waals surface area contributed by atoms with Crippen LogP contribution in [-0.2, 0) is 4.79 Å². The summed E-state index contributed by atoms with van der Waals surface area (Å²) in [5.74, 6) is 3.27. The van der Waals surface area contributed by atoms with Gasteiger partial charge in [0.25, 0.3) is 0 Å². The van der Waals surface area contributed by atoms with Gasteiger partial charge in [-0.2, -0.15) is 0 Å². The molecule has 0 aromatic carbocycles. The molecule has 2 bridgehead atoms. The average Bonchev–Trinajstić information content (AvgIpc) is 2.66. The second kappa shape index (κ2) is 4.13. The van der Waals surface area contributed by atoms with Crippen molar-refractivity contribution in [1.29, 1.82) is 0 Å². The van der Waals surface area contributed by atoms with E-state index in [1.54, 1.807) is 0 Å². The number of carboxylic acid groups (broad SMARTS) is 1.